The first-order valence-electron chi connectivity index (χ1n) is 7.93. The van der Waals surface area contributed by atoms with Crippen LogP contribution >= 0.6 is 0 Å². The van der Waals surface area contributed by atoms with Crippen molar-refractivity contribution in [3.05, 3.63) is 59.4 Å². The highest BCUT2D eigenvalue weighted by molar-refractivity contribution is 5.92. The Balaban J connectivity index is 1.48. The van der Waals surface area contributed by atoms with Gasteiger partial charge >= 0.3 is 0 Å². The van der Waals surface area contributed by atoms with E-state index in [0.717, 1.165) is 24.8 Å². The monoisotopic (exact) mass is 296 g/mol. The topological polar surface area (TPSA) is 54.3 Å². The molecule has 1 atom stereocenters. The van der Waals surface area contributed by atoms with E-state index in [0.29, 0.717) is 18.2 Å². The minimum atomic E-state index is -0.941. The van der Waals surface area contributed by atoms with Crippen LogP contribution in [0.3, 0.4) is 0 Å². The fourth-order valence-corrected chi connectivity index (χ4v) is 3.43. The molecule has 0 spiro atoms. The zero-order valence-electron chi connectivity index (χ0n) is 12.5. The quantitative estimate of drug-likeness (QED) is 0.910. The molecule has 0 aliphatic heterocycles. The van der Waals surface area contributed by atoms with Crippen molar-refractivity contribution in [2.24, 2.45) is 0 Å². The van der Waals surface area contributed by atoms with Gasteiger partial charge in [0.25, 0.3) is 5.91 Å². The Morgan fingerprint density at radius 3 is 2.91 bits per heavy atom. The summed E-state index contributed by atoms with van der Waals surface area (Å²) in [6, 6.07) is 12.2. The number of amides is 1. The molecular formula is C18H20N2O2. The fourth-order valence-electron chi connectivity index (χ4n) is 3.43. The average molecular weight is 296 g/mol. The number of hydrogen-bond donors (Lipinski definition) is 2. The Morgan fingerprint density at radius 1 is 1.27 bits per heavy atom. The van der Waals surface area contributed by atoms with E-state index < -0.39 is 5.60 Å². The third-order valence-corrected chi connectivity index (χ3v) is 4.82. The number of aromatic nitrogens is 1. The smallest absolute Gasteiger partial charge is 0.268 e. The highest BCUT2D eigenvalue weighted by Crippen LogP contribution is 2.37. The molecule has 1 aromatic carbocycles. The molecule has 114 valence electrons. The molecule has 2 N–H and O–H groups in total. The summed E-state index contributed by atoms with van der Waals surface area (Å²) in [7, 11) is 0. The van der Waals surface area contributed by atoms with Gasteiger partial charge in [0.05, 0.1) is 6.54 Å². The van der Waals surface area contributed by atoms with Crippen molar-refractivity contribution in [1.29, 1.82) is 0 Å². The molecule has 0 saturated heterocycles. The van der Waals surface area contributed by atoms with E-state index in [1.165, 1.54) is 5.56 Å². The number of benzene rings is 1. The van der Waals surface area contributed by atoms with Gasteiger partial charge < -0.3 is 15.0 Å². The van der Waals surface area contributed by atoms with Crippen LogP contribution in [0.25, 0.3) is 0 Å². The van der Waals surface area contributed by atoms with Gasteiger partial charge in [-0.2, -0.15) is 0 Å². The molecule has 1 aromatic heterocycles. The summed E-state index contributed by atoms with van der Waals surface area (Å²) in [5.74, 6) is -0.102. The van der Waals surface area contributed by atoms with Crippen molar-refractivity contribution < 1.29 is 9.90 Å². The molecule has 1 unspecified atom stereocenters. The van der Waals surface area contributed by atoms with Crippen LogP contribution in [-0.4, -0.2) is 22.1 Å². The molecule has 0 bridgehead atoms. The molecule has 0 radical (unpaired) electrons. The molecule has 2 aromatic rings. The van der Waals surface area contributed by atoms with Crippen molar-refractivity contribution in [3.63, 3.8) is 0 Å². The first kappa shape index (κ1) is 13.6. The SMILES string of the molecule is O=C(NCC1(O)CCc2ccccc21)c1cccn1C1CC1. The Kier molecular flexibility index (Phi) is 3.08. The van der Waals surface area contributed by atoms with Gasteiger partial charge in [0.1, 0.15) is 11.3 Å². The number of hydrogen-bond acceptors (Lipinski definition) is 2. The minimum Gasteiger partial charge on any atom is -0.383 e. The summed E-state index contributed by atoms with van der Waals surface area (Å²) in [6.07, 6.45) is 5.78. The first-order chi connectivity index (χ1) is 10.7. The number of carbonyl (C=O) groups excluding carboxylic acids is 1. The lowest BCUT2D eigenvalue weighted by molar-refractivity contribution is 0.0368. The standard InChI is InChI=1S/C18H20N2O2/c21-17(16-6-3-11-20(16)14-7-8-14)19-12-18(22)10-9-13-4-1-2-5-15(13)18/h1-6,11,14,22H,7-10,12H2,(H,19,21). The molecule has 4 heteroatoms. The molecule has 1 heterocycles. The molecule has 2 aliphatic carbocycles. The largest absolute Gasteiger partial charge is 0.383 e. The number of rotatable bonds is 4. The Hall–Kier alpha value is -2.07. The number of aliphatic hydroxyl groups is 1. The average Bonchev–Trinajstić information content (AvgIpc) is 3.17. The van der Waals surface area contributed by atoms with E-state index in [1.54, 1.807) is 0 Å². The maximum absolute atomic E-state index is 12.4. The van der Waals surface area contributed by atoms with E-state index in [1.807, 2.05) is 47.2 Å². The Morgan fingerprint density at radius 2 is 2.09 bits per heavy atom. The predicted molar refractivity (Wildman–Crippen MR) is 83.7 cm³/mol. The van der Waals surface area contributed by atoms with Crippen molar-refractivity contribution in [3.8, 4) is 0 Å². The van der Waals surface area contributed by atoms with Crippen LogP contribution in [0.4, 0.5) is 0 Å². The summed E-state index contributed by atoms with van der Waals surface area (Å²) in [5.41, 5.74) is 1.88. The lowest BCUT2D eigenvalue weighted by Gasteiger charge is -2.24. The lowest BCUT2D eigenvalue weighted by Crippen LogP contribution is -2.39. The molecule has 4 rings (SSSR count). The summed E-state index contributed by atoms with van der Waals surface area (Å²) >= 11 is 0. The van der Waals surface area contributed by atoms with Gasteiger partial charge in [-0.1, -0.05) is 24.3 Å². The van der Waals surface area contributed by atoms with Crippen LogP contribution in [0.1, 0.15) is 46.9 Å². The van der Waals surface area contributed by atoms with Gasteiger partial charge in [0, 0.05) is 12.2 Å². The van der Waals surface area contributed by atoms with Crippen molar-refractivity contribution in [2.75, 3.05) is 6.54 Å². The van der Waals surface area contributed by atoms with Crippen molar-refractivity contribution >= 4 is 5.91 Å². The van der Waals surface area contributed by atoms with Crippen LogP contribution in [-0.2, 0) is 12.0 Å². The van der Waals surface area contributed by atoms with E-state index in [9.17, 15) is 9.90 Å². The molecule has 1 fully saturated rings. The number of fused-ring (bicyclic) bond motifs is 1. The number of carbonyl (C=O) groups is 1. The van der Waals surface area contributed by atoms with E-state index in [2.05, 4.69) is 5.32 Å². The van der Waals surface area contributed by atoms with Gasteiger partial charge in [-0.25, -0.2) is 0 Å². The highest BCUT2D eigenvalue weighted by atomic mass is 16.3. The number of aryl methyl sites for hydroxylation is 1. The Bertz CT molecular complexity index is 717. The summed E-state index contributed by atoms with van der Waals surface area (Å²) in [6.45, 7) is 0.263. The van der Waals surface area contributed by atoms with Gasteiger partial charge in [-0.05, 0) is 48.9 Å². The molecular weight excluding hydrogens is 276 g/mol. The molecule has 2 aliphatic rings. The third-order valence-electron chi connectivity index (χ3n) is 4.82. The second-order valence-electron chi connectivity index (χ2n) is 6.40. The highest BCUT2D eigenvalue weighted by Gasteiger charge is 2.37. The zero-order valence-corrected chi connectivity index (χ0v) is 12.5. The number of nitrogens with zero attached hydrogens (tertiary/aromatic N) is 1. The molecule has 22 heavy (non-hydrogen) atoms. The first-order valence-corrected chi connectivity index (χ1v) is 7.93. The van der Waals surface area contributed by atoms with Gasteiger partial charge in [0.15, 0.2) is 0 Å². The normalized spacial score (nSPS) is 23.3. The maximum atomic E-state index is 12.4. The van der Waals surface area contributed by atoms with Crippen LogP contribution in [0.15, 0.2) is 42.6 Å². The minimum absolute atomic E-state index is 0.102. The van der Waals surface area contributed by atoms with Crippen LogP contribution < -0.4 is 5.32 Å². The molecule has 1 amide bonds. The van der Waals surface area contributed by atoms with Gasteiger partial charge in [-0.15, -0.1) is 0 Å². The zero-order chi connectivity index (χ0) is 15.2. The van der Waals surface area contributed by atoms with Crippen LogP contribution in [0.2, 0.25) is 0 Å². The van der Waals surface area contributed by atoms with Crippen LogP contribution in [0, 0.1) is 0 Å². The summed E-state index contributed by atoms with van der Waals surface area (Å²) in [4.78, 5) is 12.4. The van der Waals surface area contributed by atoms with E-state index >= 15 is 0 Å². The molecule has 4 nitrogen and oxygen atoms in total. The second-order valence-corrected chi connectivity index (χ2v) is 6.40. The van der Waals surface area contributed by atoms with Crippen LogP contribution in [0.5, 0.6) is 0 Å². The predicted octanol–water partition coefficient (Wildman–Crippen LogP) is 2.39. The summed E-state index contributed by atoms with van der Waals surface area (Å²) < 4.78 is 2.04. The Labute approximate surface area is 129 Å². The summed E-state index contributed by atoms with van der Waals surface area (Å²) in [5, 5.41) is 13.8. The second kappa shape index (κ2) is 4.99. The fraction of sp³-hybridized carbons (Fsp3) is 0.389. The maximum Gasteiger partial charge on any atom is 0.268 e. The van der Waals surface area contributed by atoms with Gasteiger partial charge in [-0.3, -0.25) is 4.79 Å². The van der Waals surface area contributed by atoms with Gasteiger partial charge in [0.2, 0.25) is 0 Å². The number of nitrogens with one attached hydrogen (secondary N) is 1. The lowest BCUT2D eigenvalue weighted by atomic mass is 9.96. The van der Waals surface area contributed by atoms with Crippen molar-refractivity contribution in [2.45, 2.75) is 37.3 Å². The van der Waals surface area contributed by atoms with Crippen molar-refractivity contribution in [1.82, 2.24) is 9.88 Å². The van der Waals surface area contributed by atoms with E-state index in [4.69, 9.17) is 0 Å². The van der Waals surface area contributed by atoms with E-state index in [-0.39, 0.29) is 12.5 Å². The third kappa shape index (κ3) is 2.24. The molecule has 1 saturated carbocycles.